The van der Waals surface area contributed by atoms with Crippen LogP contribution in [0, 0.1) is 5.92 Å². The Bertz CT molecular complexity index is 362. The van der Waals surface area contributed by atoms with Crippen LogP contribution < -0.4 is 5.73 Å². The molecule has 0 saturated heterocycles. The summed E-state index contributed by atoms with van der Waals surface area (Å²) >= 11 is 5.88. The minimum atomic E-state index is 0.0889. The Kier molecular flexibility index (Phi) is 6.84. The van der Waals surface area contributed by atoms with Crippen LogP contribution in [0.4, 0.5) is 0 Å². The summed E-state index contributed by atoms with van der Waals surface area (Å²) in [6.07, 6.45) is 2.20. The van der Waals surface area contributed by atoms with E-state index in [0.29, 0.717) is 6.04 Å². The average molecular weight is 283 g/mol. The SMILES string of the molecule is CC(C)CC(C)N(C)CCC(N)c1ccc(Cl)cc1. The van der Waals surface area contributed by atoms with E-state index in [2.05, 4.69) is 32.7 Å². The second kappa shape index (κ2) is 7.88. The molecular formula is C16H27ClN2. The van der Waals surface area contributed by atoms with Crippen molar-refractivity contribution < 1.29 is 0 Å². The maximum atomic E-state index is 6.23. The van der Waals surface area contributed by atoms with Crippen LogP contribution in [0.3, 0.4) is 0 Å². The van der Waals surface area contributed by atoms with Crippen molar-refractivity contribution in [1.82, 2.24) is 4.90 Å². The fraction of sp³-hybridized carbons (Fsp3) is 0.625. The van der Waals surface area contributed by atoms with E-state index in [1.165, 1.54) is 6.42 Å². The maximum absolute atomic E-state index is 6.23. The van der Waals surface area contributed by atoms with E-state index in [1.54, 1.807) is 0 Å². The third-order valence-electron chi connectivity index (χ3n) is 3.66. The lowest BCUT2D eigenvalue weighted by Gasteiger charge is -2.27. The summed E-state index contributed by atoms with van der Waals surface area (Å²) < 4.78 is 0. The molecule has 0 aliphatic heterocycles. The van der Waals surface area contributed by atoms with E-state index < -0.39 is 0 Å². The van der Waals surface area contributed by atoms with Crippen molar-refractivity contribution in [3.63, 3.8) is 0 Å². The molecule has 0 aliphatic carbocycles. The normalized spacial score (nSPS) is 14.9. The third-order valence-corrected chi connectivity index (χ3v) is 3.91. The zero-order chi connectivity index (χ0) is 14.4. The molecule has 1 aromatic rings. The Balaban J connectivity index is 2.41. The number of benzene rings is 1. The molecule has 19 heavy (non-hydrogen) atoms. The Hall–Kier alpha value is -0.570. The largest absolute Gasteiger partial charge is 0.324 e. The third kappa shape index (κ3) is 5.94. The molecule has 2 N–H and O–H groups in total. The monoisotopic (exact) mass is 282 g/mol. The Morgan fingerprint density at radius 2 is 1.74 bits per heavy atom. The van der Waals surface area contributed by atoms with Gasteiger partial charge in [0.15, 0.2) is 0 Å². The summed E-state index contributed by atoms with van der Waals surface area (Å²) in [4.78, 5) is 2.40. The van der Waals surface area contributed by atoms with Crippen molar-refractivity contribution in [3.05, 3.63) is 34.9 Å². The fourth-order valence-corrected chi connectivity index (χ4v) is 2.43. The summed E-state index contributed by atoms with van der Waals surface area (Å²) in [5.41, 5.74) is 7.39. The van der Waals surface area contributed by atoms with Crippen molar-refractivity contribution in [2.24, 2.45) is 11.7 Å². The summed E-state index contributed by atoms with van der Waals surface area (Å²) in [5.74, 6) is 0.738. The molecule has 0 aromatic heterocycles. The lowest BCUT2D eigenvalue weighted by atomic mass is 10.0. The van der Waals surface area contributed by atoms with Gasteiger partial charge in [0.05, 0.1) is 0 Å². The van der Waals surface area contributed by atoms with Gasteiger partial charge in [0.1, 0.15) is 0 Å². The van der Waals surface area contributed by atoms with Crippen LogP contribution in [0.2, 0.25) is 5.02 Å². The van der Waals surface area contributed by atoms with Gasteiger partial charge in [0, 0.05) is 17.1 Å². The molecular weight excluding hydrogens is 256 g/mol. The zero-order valence-electron chi connectivity index (χ0n) is 12.6. The van der Waals surface area contributed by atoms with Crippen molar-refractivity contribution in [2.75, 3.05) is 13.6 Å². The van der Waals surface area contributed by atoms with Crippen LogP contribution in [0.1, 0.15) is 45.2 Å². The second-order valence-electron chi connectivity index (χ2n) is 5.91. The van der Waals surface area contributed by atoms with Crippen LogP contribution in [-0.4, -0.2) is 24.5 Å². The summed E-state index contributed by atoms with van der Waals surface area (Å²) in [6.45, 7) is 7.85. The summed E-state index contributed by atoms with van der Waals surface area (Å²) in [6, 6.07) is 8.54. The highest BCUT2D eigenvalue weighted by molar-refractivity contribution is 6.30. The van der Waals surface area contributed by atoms with E-state index in [9.17, 15) is 0 Å². The van der Waals surface area contributed by atoms with E-state index in [1.807, 2.05) is 24.3 Å². The number of halogens is 1. The lowest BCUT2D eigenvalue weighted by Crippen LogP contribution is -2.32. The van der Waals surface area contributed by atoms with Gasteiger partial charge in [-0.2, -0.15) is 0 Å². The molecule has 2 unspecified atom stereocenters. The zero-order valence-corrected chi connectivity index (χ0v) is 13.3. The first kappa shape index (κ1) is 16.5. The van der Waals surface area contributed by atoms with Gasteiger partial charge < -0.3 is 10.6 Å². The molecule has 0 saturated carbocycles. The van der Waals surface area contributed by atoms with Crippen LogP contribution in [0.25, 0.3) is 0 Å². The molecule has 0 fully saturated rings. The number of nitrogens with zero attached hydrogens (tertiary/aromatic N) is 1. The molecule has 1 aromatic carbocycles. The fourth-order valence-electron chi connectivity index (χ4n) is 2.30. The Morgan fingerprint density at radius 1 is 1.16 bits per heavy atom. The van der Waals surface area contributed by atoms with Crippen molar-refractivity contribution >= 4 is 11.6 Å². The summed E-state index contributed by atoms with van der Waals surface area (Å²) in [5, 5.41) is 0.763. The summed E-state index contributed by atoms with van der Waals surface area (Å²) in [7, 11) is 2.18. The van der Waals surface area contributed by atoms with Crippen LogP contribution in [0.15, 0.2) is 24.3 Å². The Labute approximate surface area is 122 Å². The highest BCUT2D eigenvalue weighted by atomic mass is 35.5. The molecule has 0 radical (unpaired) electrons. The number of hydrogen-bond acceptors (Lipinski definition) is 2. The van der Waals surface area contributed by atoms with Gasteiger partial charge in [0.25, 0.3) is 0 Å². The van der Waals surface area contributed by atoms with Gasteiger partial charge in [-0.15, -0.1) is 0 Å². The highest BCUT2D eigenvalue weighted by Crippen LogP contribution is 2.18. The standard InChI is InChI=1S/C16H27ClN2/c1-12(2)11-13(3)19(4)10-9-16(18)14-5-7-15(17)8-6-14/h5-8,12-13,16H,9-11,18H2,1-4H3. The molecule has 2 nitrogen and oxygen atoms in total. The minimum absolute atomic E-state index is 0.0889. The first-order valence-corrected chi connectivity index (χ1v) is 7.49. The quantitative estimate of drug-likeness (QED) is 0.816. The first-order valence-electron chi connectivity index (χ1n) is 7.11. The molecule has 3 heteroatoms. The van der Waals surface area contributed by atoms with Gasteiger partial charge in [-0.05, 0) is 57.0 Å². The first-order chi connectivity index (χ1) is 8.90. The van der Waals surface area contributed by atoms with E-state index >= 15 is 0 Å². The number of hydrogen-bond donors (Lipinski definition) is 1. The molecule has 0 heterocycles. The van der Waals surface area contributed by atoms with Gasteiger partial charge >= 0.3 is 0 Å². The van der Waals surface area contributed by atoms with Crippen molar-refractivity contribution in [1.29, 1.82) is 0 Å². The number of rotatable bonds is 7. The average Bonchev–Trinajstić information content (AvgIpc) is 2.35. The topological polar surface area (TPSA) is 29.3 Å². The molecule has 0 bridgehead atoms. The predicted octanol–water partition coefficient (Wildman–Crippen LogP) is 4.10. The molecule has 2 atom stereocenters. The maximum Gasteiger partial charge on any atom is 0.0406 e. The van der Waals surface area contributed by atoms with Crippen molar-refractivity contribution in [3.8, 4) is 0 Å². The molecule has 0 spiro atoms. The number of nitrogens with two attached hydrogens (primary N) is 1. The van der Waals surface area contributed by atoms with Gasteiger partial charge in [-0.1, -0.05) is 37.6 Å². The second-order valence-corrected chi connectivity index (χ2v) is 6.34. The van der Waals surface area contributed by atoms with Crippen LogP contribution in [0.5, 0.6) is 0 Å². The molecule has 108 valence electrons. The Morgan fingerprint density at radius 3 is 2.26 bits per heavy atom. The van der Waals surface area contributed by atoms with Gasteiger partial charge in [-0.25, -0.2) is 0 Å². The van der Waals surface area contributed by atoms with E-state index in [-0.39, 0.29) is 6.04 Å². The van der Waals surface area contributed by atoms with Crippen molar-refractivity contribution in [2.45, 2.75) is 45.7 Å². The van der Waals surface area contributed by atoms with Gasteiger partial charge in [0.2, 0.25) is 0 Å². The lowest BCUT2D eigenvalue weighted by molar-refractivity contribution is 0.221. The van der Waals surface area contributed by atoms with Crippen LogP contribution in [-0.2, 0) is 0 Å². The van der Waals surface area contributed by atoms with Crippen LogP contribution >= 0.6 is 11.6 Å². The molecule has 0 aliphatic rings. The highest BCUT2D eigenvalue weighted by Gasteiger charge is 2.13. The van der Waals surface area contributed by atoms with E-state index in [4.69, 9.17) is 17.3 Å². The van der Waals surface area contributed by atoms with E-state index in [0.717, 1.165) is 29.5 Å². The van der Waals surface area contributed by atoms with Gasteiger partial charge in [-0.3, -0.25) is 0 Å². The smallest absolute Gasteiger partial charge is 0.0406 e. The molecule has 1 rings (SSSR count). The predicted molar refractivity (Wildman–Crippen MR) is 84.5 cm³/mol. The molecule has 0 amide bonds. The minimum Gasteiger partial charge on any atom is -0.324 e.